The molecule has 0 aliphatic heterocycles. The summed E-state index contributed by atoms with van der Waals surface area (Å²) in [6, 6.07) is 14.3. The van der Waals surface area contributed by atoms with Gasteiger partial charge < -0.3 is 15.0 Å². The van der Waals surface area contributed by atoms with Crippen LogP contribution in [0.3, 0.4) is 0 Å². The zero-order valence-corrected chi connectivity index (χ0v) is 18.0. The average molecular weight is 417 g/mol. The molecule has 0 aliphatic carbocycles. The molecule has 5 nitrogen and oxygen atoms in total. The minimum atomic E-state index is -0.592. The van der Waals surface area contributed by atoms with Crippen LogP contribution in [0, 0.1) is 6.92 Å². The predicted molar refractivity (Wildman–Crippen MR) is 116 cm³/mol. The highest BCUT2D eigenvalue weighted by Crippen LogP contribution is 2.21. The molecule has 0 spiro atoms. The number of amides is 2. The van der Waals surface area contributed by atoms with Crippen LogP contribution >= 0.6 is 11.6 Å². The predicted octanol–water partition coefficient (Wildman–Crippen LogP) is 4.36. The largest absolute Gasteiger partial charge is 0.484 e. The molecule has 0 fully saturated rings. The smallest absolute Gasteiger partial charge is 0.261 e. The molecule has 2 amide bonds. The monoisotopic (exact) mass is 416 g/mol. The zero-order valence-electron chi connectivity index (χ0n) is 17.3. The van der Waals surface area contributed by atoms with E-state index in [0.29, 0.717) is 23.7 Å². The average Bonchev–Trinajstić information content (AvgIpc) is 2.72. The maximum absolute atomic E-state index is 13.1. The first-order chi connectivity index (χ1) is 14.0. The number of ether oxygens (including phenoxy) is 1. The lowest BCUT2D eigenvalue weighted by Gasteiger charge is -2.31. The fourth-order valence-corrected chi connectivity index (χ4v) is 3.23. The second-order valence-corrected chi connectivity index (χ2v) is 7.29. The first-order valence-corrected chi connectivity index (χ1v) is 10.3. The van der Waals surface area contributed by atoms with Gasteiger partial charge in [-0.2, -0.15) is 0 Å². The molecular formula is C23H29ClN2O3. The maximum Gasteiger partial charge on any atom is 0.261 e. The Morgan fingerprint density at radius 2 is 1.79 bits per heavy atom. The van der Waals surface area contributed by atoms with E-state index in [9.17, 15) is 9.59 Å². The fraction of sp³-hybridized carbons (Fsp3) is 0.391. The fourth-order valence-electron chi connectivity index (χ4n) is 3.04. The summed E-state index contributed by atoms with van der Waals surface area (Å²) in [5, 5.41) is 3.46. The van der Waals surface area contributed by atoms with E-state index in [1.165, 1.54) is 0 Å². The van der Waals surface area contributed by atoms with Gasteiger partial charge in [0.15, 0.2) is 6.61 Å². The van der Waals surface area contributed by atoms with Crippen LogP contribution < -0.4 is 10.1 Å². The summed E-state index contributed by atoms with van der Waals surface area (Å²) in [7, 11) is 0. The topological polar surface area (TPSA) is 58.6 Å². The minimum absolute atomic E-state index is 0.146. The molecule has 0 aromatic heterocycles. The Morgan fingerprint density at radius 1 is 1.10 bits per heavy atom. The quantitative estimate of drug-likeness (QED) is 0.626. The standard InChI is InChI=1S/C23H29ClN2O3/c1-4-14-25-23(28)20(5-2)26(15-18-11-7-8-12-19(18)24)22(27)16-29-21-13-9-6-10-17(21)3/h6-13,20H,4-5,14-16H2,1-3H3,(H,25,28)/t20-/m1/s1. The van der Waals surface area contributed by atoms with Gasteiger partial charge in [0.2, 0.25) is 5.91 Å². The number of para-hydroxylation sites is 1. The zero-order chi connectivity index (χ0) is 21.2. The van der Waals surface area contributed by atoms with E-state index in [1.807, 2.05) is 63.2 Å². The molecular weight excluding hydrogens is 388 g/mol. The van der Waals surface area contributed by atoms with Gasteiger partial charge in [0.05, 0.1) is 0 Å². The van der Waals surface area contributed by atoms with E-state index < -0.39 is 6.04 Å². The molecule has 1 atom stereocenters. The van der Waals surface area contributed by atoms with Crippen molar-refractivity contribution in [2.24, 2.45) is 0 Å². The van der Waals surface area contributed by atoms with Crippen LogP contribution in [0.1, 0.15) is 37.8 Å². The van der Waals surface area contributed by atoms with Gasteiger partial charge in [-0.05, 0) is 43.0 Å². The van der Waals surface area contributed by atoms with Crippen LogP contribution in [-0.4, -0.2) is 35.9 Å². The van der Waals surface area contributed by atoms with Gasteiger partial charge in [-0.3, -0.25) is 9.59 Å². The van der Waals surface area contributed by atoms with Crippen molar-refractivity contribution < 1.29 is 14.3 Å². The van der Waals surface area contributed by atoms with Crippen molar-refractivity contribution in [2.75, 3.05) is 13.2 Å². The Hall–Kier alpha value is -2.53. The summed E-state index contributed by atoms with van der Waals surface area (Å²) in [4.78, 5) is 27.4. The van der Waals surface area contributed by atoms with E-state index in [2.05, 4.69) is 5.32 Å². The SMILES string of the molecule is CCCNC(=O)[C@@H](CC)N(Cc1ccccc1Cl)C(=O)COc1ccccc1C. The molecule has 29 heavy (non-hydrogen) atoms. The van der Waals surface area contributed by atoms with Crippen LogP contribution in [0.5, 0.6) is 5.75 Å². The lowest BCUT2D eigenvalue weighted by molar-refractivity contribution is -0.143. The number of aryl methyl sites for hydroxylation is 1. The molecule has 0 radical (unpaired) electrons. The van der Waals surface area contributed by atoms with Gasteiger partial charge in [-0.1, -0.05) is 61.8 Å². The third-order valence-corrected chi connectivity index (χ3v) is 5.05. The maximum atomic E-state index is 13.1. The summed E-state index contributed by atoms with van der Waals surface area (Å²) >= 11 is 6.31. The van der Waals surface area contributed by atoms with Crippen LogP contribution in [0.25, 0.3) is 0 Å². The number of benzene rings is 2. The summed E-state index contributed by atoms with van der Waals surface area (Å²) in [5.41, 5.74) is 1.74. The number of halogens is 1. The van der Waals surface area contributed by atoms with Gasteiger partial charge >= 0.3 is 0 Å². The molecule has 1 N–H and O–H groups in total. The summed E-state index contributed by atoms with van der Waals surface area (Å²) in [5.74, 6) is 0.236. The van der Waals surface area contributed by atoms with Gasteiger partial charge in [0, 0.05) is 18.1 Å². The molecule has 156 valence electrons. The normalized spacial score (nSPS) is 11.6. The van der Waals surface area contributed by atoms with Crippen molar-refractivity contribution in [2.45, 2.75) is 46.2 Å². The molecule has 0 saturated heterocycles. The first kappa shape index (κ1) is 22.8. The Labute approximate surface area is 178 Å². The van der Waals surface area contributed by atoms with Crippen molar-refractivity contribution >= 4 is 23.4 Å². The number of nitrogens with zero attached hydrogens (tertiary/aromatic N) is 1. The molecule has 0 aliphatic rings. The van der Waals surface area contributed by atoms with Crippen LogP contribution in [0.15, 0.2) is 48.5 Å². The van der Waals surface area contributed by atoms with Crippen molar-refractivity contribution in [1.82, 2.24) is 10.2 Å². The summed E-state index contributed by atoms with van der Waals surface area (Å²) in [6.07, 6.45) is 1.33. The molecule has 0 unspecified atom stereocenters. The molecule has 2 aromatic rings. The van der Waals surface area contributed by atoms with Crippen LogP contribution in [0.2, 0.25) is 5.02 Å². The van der Waals surface area contributed by atoms with Crippen molar-refractivity contribution in [3.8, 4) is 5.75 Å². The molecule has 6 heteroatoms. The van der Waals surface area contributed by atoms with E-state index in [1.54, 1.807) is 11.0 Å². The van der Waals surface area contributed by atoms with Crippen LogP contribution in [-0.2, 0) is 16.1 Å². The minimum Gasteiger partial charge on any atom is -0.484 e. The van der Waals surface area contributed by atoms with Gasteiger partial charge in [-0.15, -0.1) is 0 Å². The Balaban J connectivity index is 2.22. The molecule has 2 aromatic carbocycles. The third-order valence-electron chi connectivity index (χ3n) is 4.68. The first-order valence-electron chi connectivity index (χ1n) is 9.96. The highest BCUT2D eigenvalue weighted by Gasteiger charge is 2.29. The third kappa shape index (κ3) is 6.50. The van der Waals surface area contributed by atoms with E-state index in [0.717, 1.165) is 17.5 Å². The van der Waals surface area contributed by atoms with Gasteiger partial charge in [0.1, 0.15) is 11.8 Å². The highest BCUT2D eigenvalue weighted by atomic mass is 35.5. The van der Waals surface area contributed by atoms with E-state index in [-0.39, 0.29) is 25.0 Å². The van der Waals surface area contributed by atoms with E-state index >= 15 is 0 Å². The summed E-state index contributed by atoms with van der Waals surface area (Å²) < 4.78 is 5.75. The Kier molecular flexibility index (Phi) is 9.00. The van der Waals surface area contributed by atoms with Crippen LogP contribution in [0.4, 0.5) is 0 Å². The lowest BCUT2D eigenvalue weighted by Crippen LogP contribution is -2.50. The van der Waals surface area contributed by atoms with Crippen molar-refractivity contribution in [3.63, 3.8) is 0 Å². The molecule has 2 rings (SSSR count). The van der Waals surface area contributed by atoms with Crippen molar-refractivity contribution in [1.29, 1.82) is 0 Å². The van der Waals surface area contributed by atoms with Crippen molar-refractivity contribution in [3.05, 3.63) is 64.7 Å². The Morgan fingerprint density at radius 3 is 2.45 bits per heavy atom. The number of nitrogens with one attached hydrogen (secondary N) is 1. The number of carbonyl (C=O) groups is 2. The van der Waals surface area contributed by atoms with Gasteiger partial charge in [0.25, 0.3) is 5.91 Å². The number of carbonyl (C=O) groups excluding carboxylic acids is 2. The second-order valence-electron chi connectivity index (χ2n) is 6.88. The second kappa shape index (κ2) is 11.5. The number of rotatable bonds is 10. The highest BCUT2D eigenvalue weighted by molar-refractivity contribution is 6.31. The van der Waals surface area contributed by atoms with Gasteiger partial charge in [-0.25, -0.2) is 0 Å². The lowest BCUT2D eigenvalue weighted by atomic mass is 10.1. The van der Waals surface area contributed by atoms with E-state index in [4.69, 9.17) is 16.3 Å². The summed E-state index contributed by atoms with van der Waals surface area (Å²) in [6.45, 7) is 6.48. The number of hydrogen-bond acceptors (Lipinski definition) is 3. The molecule has 0 bridgehead atoms. The Bertz CT molecular complexity index is 825. The molecule has 0 heterocycles. The number of hydrogen-bond donors (Lipinski definition) is 1. The molecule has 0 saturated carbocycles.